The lowest BCUT2D eigenvalue weighted by atomic mass is 10.2. The number of ether oxygens (including phenoxy) is 1. The highest BCUT2D eigenvalue weighted by molar-refractivity contribution is 5.78. The van der Waals surface area contributed by atoms with E-state index in [4.69, 9.17) is 4.74 Å². The molecule has 0 aromatic carbocycles. The predicted molar refractivity (Wildman–Crippen MR) is 77.0 cm³/mol. The second kappa shape index (κ2) is 4.74. The fourth-order valence-corrected chi connectivity index (χ4v) is 1.88. The highest BCUT2D eigenvalue weighted by Gasteiger charge is 2.24. The highest BCUT2D eigenvalue weighted by Crippen LogP contribution is 2.32. The fraction of sp³-hybridized carbons (Fsp3) is 0.308. The third-order valence-corrected chi connectivity index (χ3v) is 2.73. The number of carbonyl (C=O) groups is 1. The number of hydrogen-bond donors (Lipinski definition) is 2. The summed E-state index contributed by atoms with van der Waals surface area (Å²) in [6.07, 6.45) is 4.43. The van der Waals surface area contributed by atoms with Crippen LogP contribution in [-0.2, 0) is 4.74 Å². The molecule has 3 rings (SSSR count). The quantitative estimate of drug-likeness (QED) is 0.830. The van der Waals surface area contributed by atoms with Crippen LogP contribution in [0.3, 0.4) is 0 Å². The van der Waals surface area contributed by atoms with Crippen molar-refractivity contribution in [2.45, 2.75) is 26.4 Å². The summed E-state index contributed by atoms with van der Waals surface area (Å²) in [4.78, 5) is 16.0. The molecule has 0 saturated carbocycles. The molecule has 2 aromatic rings. The Bertz CT molecular complexity index is 675. The van der Waals surface area contributed by atoms with Crippen LogP contribution >= 0.6 is 0 Å². The number of fused-ring (bicyclic) bond motifs is 1. The maximum atomic E-state index is 11.9. The predicted octanol–water partition coefficient (Wildman–Crippen LogP) is 2.04. The zero-order chi connectivity index (χ0) is 15.0. The summed E-state index contributed by atoms with van der Waals surface area (Å²) in [5.74, 6) is 0.568. The van der Waals surface area contributed by atoms with E-state index in [2.05, 4.69) is 21.0 Å². The van der Waals surface area contributed by atoms with E-state index in [9.17, 15) is 4.79 Å². The van der Waals surface area contributed by atoms with E-state index in [-0.39, 0.29) is 0 Å². The molecular weight excluding hydrogens is 272 g/mol. The molecule has 0 amide bonds. The maximum absolute atomic E-state index is 11.9. The Labute approximate surface area is 121 Å². The normalized spacial score (nSPS) is 13.8. The molecule has 2 N–H and O–H groups in total. The average molecular weight is 288 g/mol. The number of aromatic nitrogens is 3. The van der Waals surface area contributed by atoms with Crippen LogP contribution < -0.4 is 16.0 Å². The van der Waals surface area contributed by atoms with Crippen molar-refractivity contribution in [2.75, 3.05) is 10.4 Å². The van der Waals surface area contributed by atoms with Gasteiger partial charge < -0.3 is 4.74 Å². The van der Waals surface area contributed by atoms with E-state index < -0.39 is 11.7 Å². The first-order valence-corrected chi connectivity index (χ1v) is 6.49. The number of nitrogens with zero attached hydrogens (tertiary/aromatic N) is 4. The molecule has 0 fully saturated rings. The van der Waals surface area contributed by atoms with Gasteiger partial charge >= 0.3 is 6.09 Å². The molecule has 110 valence electrons. The minimum Gasteiger partial charge on any atom is -0.442 e. The van der Waals surface area contributed by atoms with Gasteiger partial charge in [-0.15, -0.1) is 10.6 Å². The van der Waals surface area contributed by atoms with Gasteiger partial charge in [0.2, 0.25) is 0 Å². The summed E-state index contributed by atoms with van der Waals surface area (Å²) >= 11 is 0. The molecular formula is C13H16N6O2. The Hall–Kier alpha value is -2.61. The van der Waals surface area contributed by atoms with E-state index in [1.165, 1.54) is 4.68 Å². The number of anilines is 3. The Morgan fingerprint density at radius 2 is 2.14 bits per heavy atom. The minimum absolute atomic E-state index is 0.518. The van der Waals surface area contributed by atoms with Gasteiger partial charge in [-0.05, 0) is 26.8 Å². The summed E-state index contributed by atoms with van der Waals surface area (Å²) in [7, 11) is 0. The zero-order valence-electron chi connectivity index (χ0n) is 12.0. The van der Waals surface area contributed by atoms with Crippen molar-refractivity contribution in [3.8, 4) is 0 Å². The number of nitrogens with one attached hydrogen (secondary N) is 2. The van der Waals surface area contributed by atoms with Crippen LogP contribution in [0.5, 0.6) is 0 Å². The van der Waals surface area contributed by atoms with Crippen LogP contribution in [0.1, 0.15) is 20.8 Å². The van der Waals surface area contributed by atoms with Crippen LogP contribution in [0.4, 0.5) is 22.0 Å². The van der Waals surface area contributed by atoms with Gasteiger partial charge in [-0.25, -0.2) is 9.80 Å². The molecule has 8 nitrogen and oxygen atoms in total. The van der Waals surface area contributed by atoms with Crippen LogP contribution in [0.25, 0.3) is 0 Å². The molecule has 0 spiro atoms. The number of hydrogen-bond acceptors (Lipinski definition) is 7. The third-order valence-electron chi connectivity index (χ3n) is 2.73. The smallest absolute Gasteiger partial charge is 0.435 e. The fourth-order valence-electron chi connectivity index (χ4n) is 1.88. The zero-order valence-corrected chi connectivity index (χ0v) is 12.0. The third kappa shape index (κ3) is 2.65. The largest absolute Gasteiger partial charge is 0.442 e. The van der Waals surface area contributed by atoms with Crippen molar-refractivity contribution in [1.82, 2.24) is 20.3 Å². The summed E-state index contributed by atoms with van der Waals surface area (Å²) in [5.41, 5.74) is 7.08. The van der Waals surface area contributed by atoms with Gasteiger partial charge in [0.05, 0.1) is 17.6 Å². The lowest BCUT2D eigenvalue weighted by Crippen LogP contribution is -2.32. The van der Waals surface area contributed by atoms with E-state index in [1.807, 2.05) is 26.8 Å². The van der Waals surface area contributed by atoms with Crippen LogP contribution in [0.2, 0.25) is 0 Å². The van der Waals surface area contributed by atoms with E-state index >= 15 is 0 Å². The monoisotopic (exact) mass is 288 g/mol. The second-order valence-corrected chi connectivity index (χ2v) is 5.56. The van der Waals surface area contributed by atoms with Crippen molar-refractivity contribution in [2.24, 2.45) is 0 Å². The topological polar surface area (TPSA) is 84.3 Å². The van der Waals surface area contributed by atoms with Crippen molar-refractivity contribution in [3.05, 3.63) is 30.7 Å². The summed E-state index contributed by atoms with van der Waals surface area (Å²) in [6.45, 7) is 5.43. The highest BCUT2D eigenvalue weighted by atomic mass is 16.6. The van der Waals surface area contributed by atoms with E-state index in [0.29, 0.717) is 5.82 Å². The Kier molecular flexibility index (Phi) is 3.02. The molecule has 21 heavy (non-hydrogen) atoms. The first-order chi connectivity index (χ1) is 9.94. The molecule has 1 aliphatic heterocycles. The SMILES string of the molecule is CC(C)(C)OC(=O)n1ccc(N2NNc3cnccc32)n1. The molecule has 0 saturated heterocycles. The van der Waals surface area contributed by atoms with Gasteiger partial charge in [0.15, 0.2) is 5.82 Å². The molecule has 1 aliphatic rings. The molecule has 0 radical (unpaired) electrons. The Morgan fingerprint density at radius 3 is 2.90 bits per heavy atom. The number of carbonyl (C=O) groups excluding carboxylic acids is 1. The van der Waals surface area contributed by atoms with Crippen molar-refractivity contribution in [1.29, 1.82) is 0 Å². The van der Waals surface area contributed by atoms with Crippen LogP contribution in [0, 0.1) is 0 Å². The average Bonchev–Trinajstić information content (AvgIpc) is 3.03. The first-order valence-electron chi connectivity index (χ1n) is 6.49. The number of rotatable bonds is 1. The van der Waals surface area contributed by atoms with Gasteiger partial charge in [-0.1, -0.05) is 0 Å². The van der Waals surface area contributed by atoms with E-state index in [1.54, 1.807) is 29.7 Å². The van der Waals surface area contributed by atoms with Gasteiger partial charge in [-0.2, -0.15) is 4.68 Å². The lowest BCUT2D eigenvalue weighted by molar-refractivity contribution is 0.0515. The maximum Gasteiger partial charge on any atom is 0.435 e. The van der Waals surface area contributed by atoms with Gasteiger partial charge in [-0.3, -0.25) is 10.4 Å². The number of hydrazine groups is 2. The molecule has 0 atom stereocenters. The van der Waals surface area contributed by atoms with Gasteiger partial charge in [0.25, 0.3) is 0 Å². The van der Waals surface area contributed by atoms with E-state index in [0.717, 1.165) is 11.4 Å². The Morgan fingerprint density at radius 1 is 1.33 bits per heavy atom. The number of pyridine rings is 1. The molecule has 3 heterocycles. The summed E-state index contributed by atoms with van der Waals surface area (Å²) < 4.78 is 6.43. The van der Waals surface area contributed by atoms with Crippen molar-refractivity contribution >= 4 is 23.3 Å². The molecule has 2 aromatic heterocycles. The summed E-state index contributed by atoms with van der Waals surface area (Å²) in [6, 6.07) is 3.56. The second-order valence-electron chi connectivity index (χ2n) is 5.56. The Balaban J connectivity index is 1.82. The van der Waals surface area contributed by atoms with Crippen LogP contribution in [0.15, 0.2) is 30.7 Å². The standard InChI is InChI=1S/C13H16N6O2/c1-13(2,3)21-12(20)18-7-5-11(16-18)19-10-4-6-14-8-9(10)15-17-19/h4-8,15,17H,1-3H3. The molecule has 0 bridgehead atoms. The lowest BCUT2D eigenvalue weighted by Gasteiger charge is -2.19. The molecule has 0 unspecified atom stereocenters. The minimum atomic E-state index is -0.561. The molecule has 8 heteroatoms. The first kappa shape index (κ1) is 13.4. The van der Waals surface area contributed by atoms with Crippen molar-refractivity contribution in [3.63, 3.8) is 0 Å². The van der Waals surface area contributed by atoms with Gasteiger partial charge in [0, 0.05) is 18.5 Å². The molecule has 0 aliphatic carbocycles. The summed E-state index contributed by atoms with van der Waals surface area (Å²) in [5, 5.41) is 5.94. The van der Waals surface area contributed by atoms with Crippen molar-refractivity contribution < 1.29 is 9.53 Å². The van der Waals surface area contributed by atoms with Gasteiger partial charge in [0.1, 0.15) is 5.60 Å². The van der Waals surface area contributed by atoms with Crippen LogP contribution in [-0.4, -0.2) is 26.5 Å².